The molecule has 2 aromatic carbocycles. The number of rotatable bonds is 4. The van der Waals surface area contributed by atoms with Crippen LogP contribution in [0.15, 0.2) is 46.9 Å². The van der Waals surface area contributed by atoms with Crippen molar-refractivity contribution in [1.82, 2.24) is 5.32 Å². The minimum atomic E-state index is -0.263. The average Bonchev–Trinajstić information content (AvgIpc) is 2.41. The molecule has 0 aliphatic carbocycles. The van der Waals surface area contributed by atoms with Gasteiger partial charge in [0, 0.05) is 15.5 Å². The van der Waals surface area contributed by atoms with Crippen LogP contribution in [0.2, 0.25) is 5.02 Å². The van der Waals surface area contributed by atoms with Crippen LogP contribution in [-0.4, -0.2) is 7.05 Å². The van der Waals surface area contributed by atoms with Crippen molar-refractivity contribution in [2.24, 2.45) is 0 Å². The highest BCUT2D eigenvalue weighted by Crippen LogP contribution is 2.28. The van der Waals surface area contributed by atoms with Crippen LogP contribution < -0.4 is 5.32 Å². The highest BCUT2D eigenvalue weighted by molar-refractivity contribution is 9.10. The van der Waals surface area contributed by atoms with E-state index < -0.39 is 0 Å². The van der Waals surface area contributed by atoms with Crippen molar-refractivity contribution in [1.29, 1.82) is 0 Å². The fraction of sp³-hybridized carbons (Fsp3) is 0.200. The van der Waals surface area contributed by atoms with E-state index in [4.69, 9.17) is 11.6 Å². The van der Waals surface area contributed by atoms with Crippen LogP contribution in [0.5, 0.6) is 0 Å². The number of hydrogen-bond acceptors (Lipinski definition) is 1. The van der Waals surface area contributed by atoms with Crippen molar-refractivity contribution >= 4 is 27.5 Å². The molecule has 100 valence electrons. The van der Waals surface area contributed by atoms with Crippen LogP contribution in [0.4, 0.5) is 4.39 Å². The summed E-state index contributed by atoms with van der Waals surface area (Å²) < 4.78 is 14.3. The second-order valence-corrected chi connectivity index (χ2v) is 5.56. The lowest BCUT2D eigenvalue weighted by Gasteiger charge is -2.19. The first-order chi connectivity index (χ1) is 9.11. The van der Waals surface area contributed by atoms with Crippen LogP contribution in [0.25, 0.3) is 0 Å². The summed E-state index contributed by atoms with van der Waals surface area (Å²) in [5.74, 6) is -0.263. The van der Waals surface area contributed by atoms with Gasteiger partial charge in [0.25, 0.3) is 0 Å². The molecule has 1 atom stereocenters. The second-order valence-electron chi connectivity index (χ2n) is 4.30. The molecule has 19 heavy (non-hydrogen) atoms. The highest BCUT2D eigenvalue weighted by atomic mass is 79.9. The summed E-state index contributed by atoms with van der Waals surface area (Å²) in [4.78, 5) is 0. The van der Waals surface area contributed by atoms with Crippen molar-refractivity contribution < 1.29 is 4.39 Å². The Morgan fingerprint density at radius 1 is 1.26 bits per heavy atom. The topological polar surface area (TPSA) is 12.0 Å². The summed E-state index contributed by atoms with van der Waals surface area (Å²) in [5, 5.41) is 3.83. The number of nitrogens with one attached hydrogen (secondary N) is 1. The van der Waals surface area contributed by atoms with Gasteiger partial charge < -0.3 is 5.32 Å². The van der Waals surface area contributed by atoms with Gasteiger partial charge in [-0.1, -0.05) is 45.7 Å². The van der Waals surface area contributed by atoms with Gasteiger partial charge in [-0.05, 0) is 48.9 Å². The fourth-order valence-corrected chi connectivity index (χ4v) is 2.80. The zero-order valence-electron chi connectivity index (χ0n) is 10.5. The van der Waals surface area contributed by atoms with Crippen molar-refractivity contribution in [3.8, 4) is 0 Å². The molecule has 0 heterocycles. The maximum Gasteiger partial charge on any atom is 0.123 e. The molecule has 0 aliphatic heterocycles. The first kappa shape index (κ1) is 14.5. The number of benzene rings is 2. The zero-order chi connectivity index (χ0) is 13.8. The van der Waals surface area contributed by atoms with Crippen LogP contribution in [0, 0.1) is 5.82 Å². The molecule has 0 amide bonds. The molecule has 0 radical (unpaired) electrons. The third kappa shape index (κ3) is 3.56. The molecule has 0 saturated carbocycles. The third-order valence-electron chi connectivity index (χ3n) is 3.06. The third-order valence-corrected chi connectivity index (χ3v) is 4.15. The summed E-state index contributed by atoms with van der Waals surface area (Å²) in [5.41, 5.74) is 1.93. The zero-order valence-corrected chi connectivity index (χ0v) is 12.8. The summed E-state index contributed by atoms with van der Waals surface area (Å²) in [6.07, 6.45) is 0.635. The molecule has 4 heteroatoms. The smallest absolute Gasteiger partial charge is 0.123 e. The van der Waals surface area contributed by atoms with Crippen molar-refractivity contribution in [3.63, 3.8) is 0 Å². The average molecular weight is 343 g/mol. The van der Waals surface area contributed by atoms with Gasteiger partial charge in [-0.3, -0.25) is 0 Å². The van der Waals surface area contributed by atoms with Gasteiger partial charge >= 0.3 is 0 Å². The Morgan fingerprint density at radius 2 is 2.00 bits per heavy atom. The molecular formula is C15H14BrClFN. The molecule has 2 rings (SSSR count). The second kappa shape index (κ2) is 6.51. The van der Waals surface area contributed by atoms with Crippen LogP contribution >= 0.6 is 27.5 Å². The van der Waals surface area contributed by atoms with E-state index in [1.807, 2.05) is 31.3 Å². The molecule has 1 N–H and O–H groups in total. The predicted molar refractivity (Wildman–Crippen MR) is 81.1 cm³/mol. The normalized spacial score (nSPS) is 12.4. The molecule has 2 aromatic rings. The quantitative estimate of drug-likeness (QED) is 0.846. The van der Waals surface area contributed by atoms with E-state index in [0.29, 0.717) is 11.4 Å². The lowest BCUT2D eigenvalue weighted by atomic mass is 9.99. The maximum absolute atomic E-state index is 13.3. The van der Waals surface area contributed by atoms with Crippen molar-refractivity contribution in [2.75, 3.05) is 7.05 Å². The Hall–Kier alpha value is -0.900. The minimum absolute atomic E-state index is 0.0786. The predicted octanol–water partition coefficient (Wildman–Crippen LogP) is 4.74. The molecule has 1 unspecified atom stereocenters. The minimum Gasteiger partial charge on any atom is -0.313 e. The van der Waals surface area contributed by atoms with E-state index in [1.165, 1.54) is 12.1 Å². The molecule has 0 aliphatic rings. The number of halogens is 3. The van der Waals surface area contributed by atoms with Gasteiger partial charge in [-0.25, -0.2) is 4.39 Å². The van der Waals surface area contributed by atoms with Crippen LogP contribution in [-0.2, 0) is 6.42 Å². The monoisotopic (exact) mass is 341 g/mol. The van der Waals surface area contributed by atoms with Gasteiger partial charge in [0.05, 0.1) is 0 Å². The molecule has 0 fully saturated rings. The molecule has 0 saturated heterocycles. The Bertz CT molecular complexity index is 574. The van der Waals surface area contributed by atoms with Crippen LogP contribution in [0.3, 0.4) is 0 Å². The summed E-state index contributed by atoms with van der Waals surface area (Å²) in [7, 11) is 1.89. The lowest BCUT2D eigenvalue weighted by molar-refractivity contribution is 0.582. The molecule has 0 spiro atoms. The Labute approximate surface area is 125 Å². The SMILES string of the molecule is CNC(Cc1cc(F)ccc1Cl)c1ccccc1Br. The van der Waals surface area contributed by atoms with Gasteiger partial charge in [0.1, 0.15) is 5.82 Å². The fourth-order valence-electron chi connectivity index (χ4n) is 2.04. The van der Waals surface area contributed by atoms with Crippen LogP contribution in [0.1, 0.15) is 17.2 Å². The van der Waals surface area contributed by atoms with Gasteiger partial charge in [0.2, 0.25) is 0 Å². The summed E-state index contributed by atoms with van der Waals surface area (Å²) in [6.45, 7) is 0. The Kier molecular flexibility index (Phi) is 4.97. The van der Waals surface area contributed by atoms with Gasteiger partial charge in [-0.15, -0.1) is 0 Å². The Balaban J connectivity index is 2.29. The summed E-state index contributed by atoms with van der Waals surface area (Å²) in [6, 6.07) is 12.5. The largest absolute Gasteiger partial charge is 0.313 e. The molecule has 1 nitrogen and oxygen atoms in total. The van der Waals surface area contributed by atoms with E-state index in [1.54, 1.807) is 6.07 Å². The van der Waals surface area contributed by atoms with Crippen molar-refractivity contribution in [2.45, 2.75) is 12.5 Å². The van der Waals surface area contributed by atoms with E-state index in [2.05, 4.69) is 21.2 Å². The van der Waals surface area contributed by atoms with E-state index >= 15 is 0 Å². The maximum atomic E-state index is 13.3. The van der Waals surface area contributed by atoms with E-state index in [-0.39, 0.29) is 11.9 Å². The molecule has 0 bridgehead atoms. The Morgan fingerprint density at radius 3 is 2.68 bits per heavy atom. The molecule has 0 aromatic heterocycles. The van der Waals surface area contributed by atoms with Gasteiger partial charge in [-0.2, -0.15) is 0 Å². The first-order valence-corrected chi connectivity index (χ1v) is 7.14. The summed E-state index contributed by atoms with van der Waals surface area (Å²) >= 11 is 9.66. The number of likely N-dealkylation sites (N-methyl/N-ethyl adjacent to an activating group) is 1. The number of hydrogen-bond donors (Lipinski definition) is 1. The van der Waals surface area contributed by atoms with E-state index in [9.17, 15) is 4.39 Å². The van der Waals surface area contributed by atoms with E-state index in [0.717, 1.165) is 15.6 Å². The first-order valence-electron chi connectivity index (χ1n) is 5.97. The van der Waals surface area contributed by atoms with Crippen molar-refractivity contribution in [3.05, 3.63) is 68.9 Å². The highest BCUT2D eigenvalue weighted by Gasteiger charge is 2.15. The standard InChI is InChI=1S/C15H14BrClFN/c1-19-15(12-4-2-3-5-13(12)16)9-10-8-11(18)6-7-14(10)17/h2-8,15,19H,9H2,1H3. The van der Waals surface area contributed by atoms with Gasteiger partial charge in [0.15, 0.2) is 0 Å². The molecular weight excluding hydrogens is 329 g/mol. The lowest BCUT2D eigenvalue weighted by Crippen LogP contribution is -2.19.